The summed E-state index contributed by atoms with van der Waals surface area (Å²) in [6.07, 6.45) is 10.9. The highest BCUT2D eigenvalue weighted by atomic mass is 16.6. The quantitative estimate of drug-likeness (QED) is 0.356. The molecule has 0 radical (unpaired) electrons. The Hall–Kier alpha value is -0.460. The summed E-state index contributed by atoms with van der Waals surface area (Å²) < 4.78 is 11.0. The van der Waals surface area contributed by atoms with Crippen LogP contribution in [0.25, 0.3) is 0 Å². The minimum Gasteiger partial charge on any atom is -0.394 e. The van der Waals surface area contributed by atoms with Crippen LogP contribution >= 0.6 is 0 Å². The lowest BCUT2D eigenvalue weighted by Crippen LogP contribution is -2.42. The fourth-order valence-electron chi connectivity index (χ4n) is 2.75. The number of hydrogen-bond acceptors (Lipinski definition) is 5. The van der Waals surface area contributed by atoms with Crippen molar-refractivity contribution >= 4 is 0 Å². The molecule has 1 heterocycles. The van der Waals surface area contributed by atoms with Gasteiger partial charge in [0.15, 0.2) is 0 Å². The second-order valence-corrected chi connectivity index (χ2v) is 6.27. The normalized spacial score (nSPS) is 26.2. The van der Waals surface area contributed by atoms with Crippen molar-refractivity contribution in [2.75, 3.05) is 19.8 Å². The summed E-state index contributed by atoms with van der Waals surface area (Å²) in [6.45, 7) is 2.52. The summed E-state index contributed by atoms with van der Waals surface area (Å²) in [5.74, 6) is 0. The first kappa shape index (κ1) is 20.6. The van der Waals surface area contributed by atoms with E-state index >= 15 is 0 Å². The highest BCUT2D eigenvalue weighted by molar-refractivity contribution is 4.89. The van der Waals surface area contributed by atoms with Crippen molar-refractivity contribution in [2.45, 2.75) is 82.7 Å². The van der Waals surface area contributed by atoms with Crippen molar-refractivity contribution in [2.24, 2.45) is 0 Å². The Labute approximate surface area is 140 Å². The fourth-order valence-corrected chi connectivity index (χ4v) is 2.75. The summed E-state index contributed by atoms with van der Waals surface area (Å²) >= 11 is 0. The van der Waals surface area contributed by atoms with Crippen molar-refractivity contribution in [3.8, 4) is 0 Å². The van der Waals surface area contributed by atoms with Crippen LogP contribution in [0.2, 0.25) is 0 Å². The molecule has 1 rings (SSSR count). The predicted octanol–water partition coefficient (Wildman–Crippen LogP) is 2.18. The Kier molecular flexibility index (Phi) is 11.5. The van der Waals surface area contributed by atoms with Gasteiger partial charge in [0.05, 0.1) is 13.2 Å². The van der Waals surface area contributed by atoms with Crippen LogP contribution < -0.4 is 0 Å². The molecule has 5 nitrogen and oxygen atoms in total. The molecular weight excluding hydrogens is 296 g/mol. The number of ether oxygens (including phenoxy) is 2. The molecule has 3 N–H and O–H groups in total. The molecule has 136 valence electrons. The van der Waals surface area contributed by atoms with Gasteiger partial charge in [-0.2, -0.15) is 0 Å². The molecule has 5 heteroatoms. The molecule has 1 fully saturated rings. The molecule has 0 aliphatic carbocycles. The Morgan fingerprint density at radius 3 is 2.52 bits per heavy atom. The zero-order valence-electron chi connectivity index (χ0n) is 14.4. The van der Waals surface area contributed by atoms with Gasteiger partial charge in [-0.25, -0.2) is 0 Å². The van der Waals surface area contributed by atoms with Crippen molar-refractivity contribution in [3.05, 3.63) is 12.2 Å². The number of unbranched alkanes of at least 4 members (excludes halogenated alkanes) is 6. The fraction of sp³-hybridized carbons (Fsp3) is 0.889. The summed E-state index contributed by atoms with van der Waals surface area (Å²) in [7, 11) is 0. The van der Waals surface area contributed by atoms with E-state index in [1.165, 1.54) is 32.1 Å². The molecule has 0 aromatic carbocycles. The molecular formula is C18H34O5. The molecule has 1 saturated heterocycles. The van der Waals surface area contributed by atoms with E-state index in [1.54, 1.807) is 0 Å². The Morgan fingerprint density at radius 1 is 1.13 bits per heavy atom. The smallest absolute Gasteiger partial charge is 0.114 e. The summed E-state index contributed by atoms with van der Waals surface area (Å²) in [4.78, 5) is 0. The van der Waals surface area contributed by atoms with Crippen molar-refractivity contribution < 1.29 is 24.8 Å². The average molecular weight is 330 g/mol. The van der Waals surface area contributed by atoms with Crippen LogP contribution in [0.4, 0.5) is 0 Å². The third-order valence-electron chi connectivity index (χ3n) is 4.20. The second kappa shape index (κ2) is 12.9. The van der Waals surface area contributed by atoms with Crippen LogP contribution in [-0.4, -0.2) is 59.6 Å². The highest BCUT2D eigenvalue weighted by Crippen LogP contribution is 2.21. The van der Waals surface area contributed by atoms with Crippen molar-refractivity contribution in [3.63, 3.8) is 0 Å². The average Bonchev–Trinajstić information content (AvgIpc) is 2.93. The van der Waals surface area contributed by atoms with E-state index in [4.69, 9.17) is 14.6 Å². The van der Waals surface area contributed by atoms with E-state index in [9.17, 15) is 10.2 Å². The van der Waals surface area contributed by atoms with Gasteiger partial charge in [-0.3, -0.25) is 0 Å². The summed E-state index contributed by atoms with van der Waals surface area (Å²) in [5, 5.41) is 28.5. The molecule has 0 bridgehead atoms. The molecule has 0 amide bonds. The second-order valence-electron chi connectivity index (χ2n) is 6.27. The monoisotopic (exact) mass is 330 g/mol. The van der Waals surface area contributed by atoms with Gasteiger partial charge in [0, 0.05) is 6.61 Å². The van der Waals surface area contributed by atoms with Gasteiger partial charge in [0.1, 0.15) is 24.4 Å². The zero-order chi connectivity index (χ0) is 16.9. The van der Waals surface area contributed by atoms with Crippen LogP contribution in [-0.2, 0) is 9.47 Å². The van der Waals surface area contributed by atoms with Crippen LogP contribution in [0.5, 0.6) is 0 Å². The lowest BCUT2D eigenvalue weighted by molar-refractivity contribution is -0.0938. The first-order chi connectivity index (χ1) is 11.2. The topological polar surface area (TPSA) is 79.2 Å². The highest BCUT2D eigenvalue weighted by Gasteiger charge is 2.40. The van der Waals surface area contributed by atoms with Gasteiger partial charge < -0.3 is 24.8 Å². The third kappa shape index (κ3) is 8.27. The molecule has 4 atom stereocenters. The van der Waals surface area contributed by atoms with Crippen LogP contribution in [0, 0.1) is 0 Å². The van der Waals surface area contributed by atoms with E-state index in [0.717, 1.165) is 19.3 Å². The van der Waals surface area contributed by atoms with Gasteiger partial charge in [0.2, 0.25) is 0 Å². The van der Waals surface area contributed by atoms with Gasteiger partial charge in [-0.1, -0.05) is 44.8 Å². The largest absolute Gasteiger partial charge is 0.394 e. The number of allylic oxidation sites excluding steroid dienone is 2. The van der Waals surface area contributed by atoms with Gasteiger partial charge in [-0.15, -0.1) is 0 Å². The third-order valence-corrected chi connectivity index (χ3v) is 4.20. The molecule has 1 aliphatic heterocycles. The maximum atomic E-state index is 9.81. The first-order valence-electron chi connectivity index (χ1n) is 9.05. The van der Waals surface area contributed by atoms with E-state index in [1.807, 2.05) is 0 Å². The summed E-state index contributed by atoms with van der Waals surface area (Å²) in [6, 6.07) is 0. The maximum Gasteiger partial charge on any atom is 0.114 e. The van der Waals surface area contributed by atoms with Crippen LogP contribution in [0.3, 0.4) is 0 Å². The molecule has 1 aliphatic rings. The molecule has 0 aromatic heterocycles. The molecule has 0 spiro atoms. The molecule has 0 aromatic rings. The van der Waals surface area contributed by atoms with E-state index in [0.29, 0.717) is 6.61 Å². The van der Waals surface area contributed by atoms with Crippen LogP contribution in [0.1, 0.15) is 58.3 Å². The maximum absolute atomic E-state index is 9.81. The first-order valence-corrected chi connectivity index (χ1v) is 9.05. The SMILES string of the molecule is CCCC/C=C/CCCCCCO[C@@H]1[C@H]([C@H](O)CO)OC[C@@H]1O. The molecule has 0 saturated carbocycles. The summed E-state index contributed by atoms with van der Waals surface area (Å²) in [5.41, 5.74) is 0. The van der Waals surface area contributed by atoms with E-state index in [-0.39, 0.29) is 13.2 Å². The Balaban J connectivity index is 2.02. The van der Waals surface area contributed by atoms with Crippen LogP contribution in [0.15, 0.2) is 12.2 Å². The lowest BCUT2D eigenvalue weighted by Gasteiger charge is -2.23. The molecule has 23 heavy (non-hydrogen) atoms. The number of aliphatic hydroxyl groups excluding tert-OH is 3. The van der Waals surface area contributed by atoms with Gasteiger partial charge in [-0.05, 0) is 25.7 Å². The van der Waals surface area contributed by atoms with Gasteiger partial charge in [0.25, 0.3) is 0 Å². The van der Waals surface area contributed by atoms with Crippen molar-refractivity contribution in [1.82, 2.24) is 0 Å². The predicted molar refractivity (Wildman–Crippen MR) is 90.3 cm³/mol. The van der Waals surface area contributed by atoms with Crippen molar-refractivity contribution in [1.29, 1.82) is 0 Å². The number of aliphatic hydroxyl groups is 3. The zero-order valence-corrected chi connectivity index (χ0v) is 14.4. The Bertz CT molecular complexity index is 308. The lowest BCUT2D eigenvalue weighted by atomic mass is 10.1. The van der Waals surface area contributed by atoms with Gasteiger partial charge >= 0.3 is 0 Å². The minimum atomic E-state index is -1.00. The van der Waals surface area contributed by atoms with E-state index < -0.39 is 24.4 Å². The standard InChI is InChI=1S/C18H34O5/c1-2-3-4-5-6-7-8-9-10-11-12-22-18-16(21)14-23-17(18)15(20)13-19/h5-6,15-21H,2-4,7-14H2,1H3/b6-5+/t15-,16+,17+,18+/m1/s1. The van der Waals surface area contributed by atoms with E-state index in [2.05, 4.69) is 19.1 Å². The minimum absolute atomic E-state index is 0.150. The number of hydrogen-bond donors (Lipinski definition) is 3. The number of rotatable bonds is 13. The molecule has 0 unspecified atom stereocenters. The Morgan fingerprint density at radius 2 is 1.83 bits per heavy atom.